The molecule has 14 heavy (non-hydrogen) atoms. The summed E-state index contributed by atoms with van der Waals surface area (Å²) in [6.07, 6.45) is 2.82. The SMILES string of the molecule is CN1CCCC(C(CN)CC(N)=O)C1. The van der Waals surface area contributed by atoms with Crippen LogP contribution in [0.5, 0.6) is 0 Å². The van der Waals surface area contributed by atoms with Gasteiger partial charge in [-0.25, -0.2) is 0 Å². The maximum atomic E-state index is 10.8. The van der Waals surface area contributed by atoms with E-state index in [-0.39, 0.29) is 11.8 Å². The molecule has 0 bridgehead atoms. The molecule has 1 saturated heterocycles. The van der Waals surface area contributed by atoms with Gasteiger partial charge in [-0.3, -0.25) is 4.79 Å². The van der Waals surface area contributed by atoms with Gasteiger partial charge in [0.2, 0.25) is 5.91 Å². The molecule has 0 aromatic rings. The third-order valence-electron chi connectivity index (χ3n) is 3.09. The van der Waals surface area contributed by atoms with E-state index in [0.29, 0.717) is 18.9 Å². The molecule has 4 N–H and O–H groups in total. The molecule has 1 aliphatic rings. The van der Waals surface area contributed by atoms with E-state index >= 15 is 0 Å². The average Bonchev–Trinajstić information content (AvgIpc) is 2.14. The molecule has 1 rings (SSSR count). The molecular weight excluding hydrogens is 178 g/mol. The molecule has 1 heterocycles. The summed E-state index contributed by atoms with van der Waals surface area (Å²) in [5.41, 5.74) is 10.9. The van der Waals surface area contributed by atoms with Gasteiger partial charge in [0.15, 0.2) is 0 Å². The van der Waals surface area contributed by atoms with Crippen molar-refractivity contribution in [3.8, 4) is 0 Å². The van der Waals surface area contributed by atoms with Crippen molar-refractivity contribution in [2.45, 2.75) is 19.3 Å². The summed E-state index contributed by atoms with van der Waals surface area (Å²) in [6, 6.07) is 0. The van der Waals surface area contributed by atoms with Crippen LogP contribution in [-0.2, 0) is 4.79 Å². The van der Waals surface area contributed by atoms with Crippen LogP contribution in [0.2, 0.25) is 0 Å². The van der Waals surface area contributed by atoms with E-state index in [0.717, 1.165) is 13.1 Å². The number of hydrogen-bond donors (Lipinski definition) is 2. The lowest BCUT2D eigenvalue weighted by molar-refractivity contribution is -0.119. The minimum Gasteiger partial charge on any atom is -0.370 e. The number of nitrogens with two attached hydrogens (primary N) is 2. The summed E-state index contributed by atoms with van der Waals surface area (Å²) in [7, 11) is 2.12. The number of primary amides is 1. The van der Waals surface area contributed by atoms with Crippen molar-refractivity contribution in [1.29, 1.82) is 0 Å². The number of piperidine rings is 1. The molecule has 2 atom stereocenters. The summed E-state index contributed by atoms with van der Waals surface area (Å²) in [4.78, 5) is 13.1. The highest BCUT2D eigenvalue weighted by atomic mass is 16.1. The fourth-order valence-corrected chi connectivity index (χ4v) is 2.29. The molecule has 0 spiro atoms. The van der Waals surface area contributed by atoms with E-state index in [1.165, 1.54) is 12.8 Å². The van der Waals surface area contributed by atoms with Crippen LogP contribution in [0.25, 0.3) is 0 Å². The highest BCUT2D eigenvalue weighted by molar-refractivity contribution is 5.74. The van der Waals surface area contributed by atoms with Crippen molar-refractivity contribution in [3.63, 3.8) is 0 Å². The normalized spacial score (nSPS) is 26.0. The Morgan fingerprint density at radius 1 is 1.64 bits per heavy atom. The predicted octanol–water partition coefficient (Wildman–Crippen LogP) is -0.221. The van der Waals surface area contributed by atoms with E-state index < -0.39 is 0 Å². The molecule has 4 heteroatoms. The van der Waals surface area contributed by atoms with Crippen LogP contribution in [0.1, 0.15) is 19.3 Å². The monoisotopic (exact) mass is 199 g/mol. The Kier molecular flexibility index (Phi) is 4.35. The van der Waals surface area contributed by atoms with Crippen LogP contribution in [0, 0.1) is 11.8 Å². The number of amides is 1. The second-order valence-electron chi connectivity index (χ2n) is 4.33. The average molecular weight is 199 g/mol. The van der Waals surface area contributed by atoms with E-state index in [1.807, 2.05) is 0 Å². The zero-order valence-corrected chi connectivity index (χ0v) is 8.91. The topological polar surface area (TPSA) is 72.3 Å². The van der Waals surface area contributed by atoms with Gasteiger partial charge in [0.05, 0.1) is 0 Å². The first-order chi connectivity index (χ1) is 6.63. The van der Waals surface area contributed by atoms with Crippen LogP contribution >= 0.6 is 0 Å². The second-order valence-corrected chi connectivity index (χ2v) is 4.33. The largest absolute Gasteiger partial charge is 0.370 e. The van der Waals surface area contributed by atoms with Gasteiger partial charge >= 0.3 is 0 Å². The zero-order valence-electron chi connectivity index (χ0n) is 8.91. The zero-order chi connectivity index (χ0) is 10.6. The first-order valence-corrected chi connectivity index (χ1v) is 5.30. The number of carbonyl (C=O) groups excluding carboxylic acids is 1. The molecule has 1 aliphatic heterocycles. The van der Waals surface area contributed by atoms with Gasteiger partial charge in [0.25, 0.3) is 0 Å². The lowest BCUT2D eigenvalue weighted by Gasteiger charge is -2.34. The molecular formula is C10H21N3O. The van der Waals surface area contributed by atoms with Gasteiger partial charge < -0.3 is 16.4 Å². The summed E-state index contributed by atoms with van der Waals surface area (Å²) in [6.45, 7) is 2.78. The smallest absolute Gasteiger partial charge is 0.217 e. The maximum Gasteiger partial charge on any atom is 0.217 e. The third kappa shape index (κ3) is 3.27. The highest BCUT2D eigenvalue weighted by Gasteiger charge is 2.25. The minimum atomic E-state index is -0.228. The molecule has 82 valence electrons. The lowest BCUT2D eigenvalue weighted by Crippen LogP contribution is -2.39. The Balaban J connectivity index is 2.46. The van der Waals surface area contributed by atoms with Crippen molar-refractivity contribution in [2.24, 2.45) is 23.3 Å². The summed E-state index contributed by atoms with van der Waals surface area (Å²) < 4.78 is 0. The van der Waals surface area contributed by atoms with Crippen LogP contribution in [0.15, 0.2) is 0 Å². The highest BCUT2D eigenvalue weighted by Crippen LogP contribution is 2.24. The second kappa shape index (κ2) is 5.32. The van der Waals surface area contributed by atoms with Crippen LogP contribution in [0.4, 0.5) is 0 Å². The van der Waals surface area contributed by atoms with Gasteiger partial charge in [0, 0.05) is 13.0 Å². The summed E-state index contributed by atoms with van der Waals surface area (Å²) in [5.74, 6) is 0.593. The van der Waals surface area contributed by atoms with E-state index in [2.05, 4.69) is 11.9 Å². The fourth-order valence-electron chi connectivity index (χ4n) is 2.29. The van der Waals surface area contributed by atoms with Gasteiger partial charge in [-0.05, 0) is 44.8 Å². The Labute approximate surface area is 85.6 Å². The summed E-state index contributed by atoms with van der Waals surface area (Å²) >= 11 is 0. The number of likely N-dealkylation sites (tertiary alicyclic amines) is 1. The van der Waals surface area contributed by atoms with Gasteiger partial charge in [0.1, 0.15) is 0 Å². The Morgan fingerprint density at radius 2 is 2.36 bits per heavy atom. The summed E-state index contributed by atoms with van der Waals surface area (Å²) in [5, 5.41) is 0. The van der Waals surface area contributed by atoms with Crippen LogP contribution in [0.3, 0.4) is 0 Å². The molecule has 0 aliphatic carbocycles. The van der Waals surface area contributed by atoms with Gasteiger partial charge in [-0.1, -0.05) is 0 Å². The lowest BCUT2D eigenvalue weighted by atomic mass is 9.83. The molecule has 0 radical (unpaired) electrons. The quantitative estimate of drug-likeness (QED) is 0.657. The molecule has 0 aromatic carbocycles. The molecule has 0 aromatic heterocycles. The van der Waals surface area contributed by atoms with Crippen molar-refractivity contribution < 1.29 is 4.79 Å². The number of carbonyl (C=O) groups is 1. The standard InChI is InChI=1S/C10H21N3O/c1-13-4-2-3-8(7-13)9(6-11)5-10(12)14/h8-9H,2-7,11H2,1H3,(H2,12,14). The van der Waals surface area contributed by atoms with E-state index in [4.69, 9.17) is 11.5 Å². The van der Waals surface area contributed by atoms with E-state index in [9.17, 15) is 4.79 Å². The molecule has 2 unspecified atom stereocenters. The van der Waals surface area contributed by atoms with Crippen LogP contribution < -0.4 is 11.5 Å². The number of rotatable bonds is 4. The first kappa shape index (κ1) is 11.5. The predicted molar refractivity (Wildman–Crippen MR) is 56.6 cm³/mol. The van der Waals surface area contributed by atoms with Gasteiger partial charge in [-0.2, -0.15) is 0 Å². The number of hydrogen-bond acceptors (Lipinski definition) is 3. The Hall–Kier alpha value is -0.610. The van der Waals surface area contributed by atoms with Crippen LogP contribution in [-0.4, -0.2) is 37.5 Å². The first-order valence-electron chi connectivity index (χ1n) is 5.30. The van der Waals surface area contributed by atoms with E-state index in [1.54, 1.807) is 0 Å². The maximum absolute atomic E-state index is 10.8. The fraction of sp³-hybridized carbons (Fsp3) is 0.900. The van der Waals surface area contributed by atoms with Crippen molar-refractivity contribution in [1.82, 2.24) is 4.90 Å². The Morgan fingerprint density at radius 3 is 2.86 bits per heavy atom. The van der Waals surface area contributed by atoms with Crippen molar-refractivity contribution in [2.75, 3.05) is 26.7 Å². The molecule has 1 amide bonds. The van der Waals surface area contributed by atoms with Crippen molar-refractivity contribution in [3.05, 3.63) is 0 Å². The minimum absolute atomic E-state index is 0.228. The molecule has 0 saturated carbocycles. The van der Waals surface area contributed by atoms with Gasteiger partial charge in [-0.15, -0.1) is 0 Å². The number of nitrogens with zero attached hydrogens (tertiary/aromatic N) is 1. The van der Waals surface area contributed by atoms with Crippen molar-refractivity contribution >= 4 is 5.91 Å². The third-order valence-corrected chi connectivity index (χ3v) is 3.09. The Bertz CT molecular complexity index is 196. The molecule has 1 fully saturated rings. The molecule has 4 nitrogen and oxygen atoms in total.